The highest BCUT2D eigenvalue weighted by Crippen LogP contribution is 2.35. The Kier molecular flexibility index (Phi) is 3.99. The number of para-hydroxylation sites is 2. The first-order valence-corrected chi connectivity index (χ1v) is 7.07. The fourth-order valence-electron chi connectivity index (χ4n) is 2.50. The highest BCUT2D eigenvalue weighted by Gasteiger charge is 2.30. The fraction of sp³-hybridized carbons (Fsp3) is 0.250. The van der Waals surface area contributed by atoms with E-state index < -0.39 is 0 Å². The summed E-state index contributed by atoms with van der Waals surface area (Å²) in [5.74, 6) is 1.02. The van der Waals surface area contributed by atoms with E-state index in [4.69, 9.17) is 21.1 Å². The zero-order chi connectivity index (χ0) is 14.8. The van der Waals surface area contributed by atoms with Crippen LogP contribution in [0.25, 0.3) is 0 Å². The summed E-state index contributed by atoms with van der Waals surface area (Å²) in [6.07, 6.45) is -0.319. The van der Waals surface area contributed by atoms with Crippen LogP contribution in [-0.2, 0) is 0 Å². The van der Waals surface area contributed by atoms with E-state index in [0.717, 1.165) is 0 Å². The van der Waals surface area contributed by atoms with Gasteiger partial charge in [-0.1, -0.05) is 29.8 Å². The van der Waals surface area contributed by atoms with Crippen molar-refractivity contribution in [1.82, 2.24) is 5.32 Å². The van der Waals surface area contributed by atoms with Gasteiger partial charge in [-0.3, -0.25) is 0 Å². The lowest BCUT2D eigenvalue weighted by Gasteiger charge is -2.32. The average molecular weight is 308 g/mol. The third-order valence-corrected chi connectivity index (χ3v) is 3.75. The third kappa shape index (κ3) is 2.82. The van der Waals surface area contributed by atoms with E-state index in [-0.39, 0.29) is 18.0 Å². The van der Waals surface area contributed by atoms with Crippen molar-refractivity contribution < 1.29 is 13.9 Å². The highest BCUT2D eigenvalue weighted by molar-refractivity contribution is 6.30. The molecule has 1 aliphatic rings. The van der Waals surface area contributed by atoms with Gasteiger partial charge in [-0.15, -0.1) is 0 Å². The van der Waals surface area contributed by atoms with Gasteiger partial charge in [0.05, 0.1) is 6.04 Å². The van der Waals surface area contributed by atoms with Crippen molar-refractivity contribution in [3.63, 3.8) is 0 Å². The Morgan fingerprint density at radius 3 is 2.71 bits per heavy atom. The molecule has 5 heteroatoms. The summed E-state index contributed by atoms with van der Waals surface area (Å²) in [5.41, 5.74) is 0.509. The van der Waals surface area contributed by atoms with Gasteiger partial charge < -0.3 is 14.8 Å². The van der Waals surface area contributed by atoms with E-state index in [0.29, 0.717) is 28.7 Å². The van der Waals surface area contributed by atoms with Crippen LogP contribution in [0.2, 0.25) is 5.02 Å². The fourth-order valence-corrected chi connectivity index (χ4v) is 2.65. The molecule has 0 aliphatic carbocycles. The summed E-state index contributed by atoms with van der Waals surface area (Å²) in [6, 6.07) is 11.8. The predicted octanol–water partition coefficient (Wildman–Crippen LogP) is 3.58. The summed E-state index contributed by atoms with van der Waals surface area (Å²) in [7, 11) is 1.77. The SMILES string of the molecule is CNC(c1ccc(Cl)cc1F)C1COc2ccccc2O1. The molecule has 1 heterocycles. The van der Waals surface area contributed by atoms with Crippen LogP contribution >= 0.6 is 11.6 Å². The first-order valence-electron chi connectivity index (χ1n) is 6.69. The Morgan fingerprint density at radius 1 is 1.24 bits per heavy atom. The molecule has 2 aromatic rings. The molecule has 0 saturated heterocycles. The number of benzene rings is 2. The normalized spacial score (nSPS) is 18.3. The van der Waals surface area contributed by atoms with Crippen LogP contribution in [0.15, 0.2) is 42.5 Å². The number of ether oxygens (including phenoxy) is 2. The average Bonchev–Trinajstić information content (AvgIpc) is 2.50. The van der Waals surface area contributed by atoms with Gasteiger partial charge in [-0.25, -0.2) is 4.39 Å². The summed E-state index contributed by atoms with van der Waals surface area (Å²) in [6.45, 7) is 0.352. The van der Waals surface area contributed by atoms with Crippen molar-refractivity contribution in [2.45, 2.75) is 12.1 Å². The quantitative estimate of drug-likeness (QED) is 0.940. The molecular formula is C16H15ClFNO2. The molecule has 0 aromatic heterocycles. The summed E-state index contributed by atoms with van der Waals surface area (Å²) in [5, 5.41) is 3.46. The standard InChI is InChI=1S/C16H15ClFNO2/c1-19-16(11-7-6-10(17)8-12(11)18)15-9-20-13-4-2-3-5-14(13)21-15/h2-8,15-16,19H,9H2,1H3. The van der Waals surface area contributed by atoms with E-state index in [9.17, 15) is 4.39 Å². The Morgan fingerprint density at radius 2 is 2.00 bits per heavy atom. The molecular weight excluding hydrogens is 293 g/mol. The van der Waals surface area contributed by atoms with E-state index >= 15 is 0 Å². The maximum atomic E-state index is 14.1. The number of fused-ring (bicyclic) bond motifs is 1. The maximum Gasteiger partial charge on any atom is 0.161 e. The Hall–Kier alpha value is -1.78. The second kappa shape index (κ2) is 5.92. The van der Waals surface area contributed by atoms with Crippen LogP contribution < -0.4 is 14.8 Å². The number of rotatable bonds is 3. The molecule has 0 radical (unpaired) electrons. The molecule has 0 spiro atoms. The summed E-state index contributed by atoms with van der Waals surface area (Å²) >= 11 is 5.80. The molecule has 0 amide bonds. The number of likely N-dealkylation sites (N-methyl/N-ethyl adjacent to an activating group) is 1. The minimum absolute atomic E-state index is 0.319. The molecule has 0 saturated carbocycles. The van der Waals surface area contributed by atoms with E-state index in [1.807, 2.05) is 24.3 Å². The molecule has 0 bridgehead atoms. The molecule has 2 aromatic carbocycles. The first kappa shape index (κ1) is 14.2. The lowest BCUT2D eigenvalue weighted by atomic mass is 10.0. The van der Waals surface area contributed by atoms with Crippen molar-refractivity contribution >= 4 is 11.6 Å². The van der Waals surface area contributed by atoms with Gasteiger partial charge in [-0.2, -0.15) is 0 Å². The Balaban J connectivity index is 1.88. The zero-order valence-corrected chi connectivity index (χ0v) is 12.2. The number of hydrogen-bond donors (Lipinski definition) is 1. The van der Waals surface area contributed by atoms with E-state index in [1.54, 1.807) is 19.2 Å². The van der Waals surface area contributed by atoms with Crippen LogP contribution in [0.3, 0.4) is 0 Å². The van der Waals surface area contributed by atoms with Crippen molar-refractivity contribution in [1.29, 1.82) is 0 Å². The van der Waals surface area contributed by atoms with Gasteiger partial charge in [0.2, 0.25) is 0 Å². The summed E-state index contributed by atoms with van der Waals surface area (Å²) in [4.78, 5) is 0. The lowest BCUT2D eigenvalue weighted by molar-refractivity contribution is 0.0629. The molecule has 2 atom stereocenters. The summed E-state index contributed by atoms with van der Waals surface area (Å²) < 4.78 is 25.7. The van der Waals surface area contributed by atoms with Crippen LogP contribution in [0.1, 0.15) is 11.6 Å². The van der Waals surface area contributed by atoms with Crippen molar-refractivity contribution in [2.75, 3.05) is 13.7 Å². The molecule has 1 aliphatic heterocycles. The third-order valence-electron chi connectivity index (χ3n) is 3.51. The molecule has 1 N–H and O–H groups in total. The Bertz CT molecular complexity index is 650. The van der Waals surface area contributed by atoms with Crippen LogP contribution in [0, 0.1) is 5.82 Å². The van der Waals surface area contributed by atoms with Crippen LogP contribution in [0.5, 0.6) is 11.5 Å². The first-order chi connectivity index (χ1) is 10.2. The monoisotopic (exact) mass is 307 g/mol. The van der Waals surface area contributed by atoms with Crippen LogP contribution in [0.4, 0.5) is 4.39 Å². The largest absolute Gasteiger partial charge is 0.486 e. The van der Waals surface area contributed by atoms with Gasteiger partial charge in [0.25, 0.3) is 0 Å². The number of nitrogens with one attached hydrogen (secondary N) is 1. The molecule has 2 unspecified atom stereocenters. The van der Waals surface area contributed by atoms with Gasteiger partial charge in [0.15, 0.2) is 17.6 Å². The highest BCUT2D eigenvalue weighted by atomic mass is 35.5. The molecule has 3 rings (SSSR count). The van der Waals surface area contributed by atoms with Gasteiger partial charge in [-0.05, 0) is 31.3 Å². The zero-order valence-electron chi connectivity index (χ0n) is 11.5. The molecule has 3 nitrogen and oxygen atoms in total. The van der Waals surface area contributed by atoms with E-state index in [1.165, 1.54) is 6.07 Å². The van der Waals surface area contributed by atoms with Gasteiger partial charge in [0, 0.05) is 10.6 Å². The molecule has 110 valence electrons. The molecule has 0 fully saturated rings. The van der Waals surface area contributed by atoms with Crippen LogP contribution in [-0.4, -0.2) is 19.8 Å². The predicted molar refractivity (Wildman–Crippen MR) is 79.6 cm³/mol. The minimum Gasteiger partial charge on any atom is -0.486 e. The number of halogens is 2. The second-order valence-electron chi connectivity index (χ2n) is 4.85. The van der Waals surface area contributed by atoms with Crippen molar-refractivity contribution in [3.05, 3.63) is 58.9 Å². The maximum absolute atomic E-state index is 14.1. The van der Waals surface area contributed by atoms with E-state index in [2.05, 4.69) is 5.32 Å². The number of hydrogen-bond acceptors (Lipinski definition) is 3. The van der Waals surface area contributed by atoms with Gasteiger partial charge in [0.1, 0.15) is 12.4 Å². The topological polar surface area (TPSA) is 30.5 Å². The Labute approximate surface area is 127 Å². The minimum atomic E-state index is -0.357. The lowest BCUT2D eigenvalue weighted by Crippen LogP contribution is -2.40. The smallest absolute Gasteiger partial charge is 0.161 e. The van der Waals surface area contributed by atoms with Gasteiger partial charge >= 0.3 is 0 Å². The van der Waals surface area contributed by atoms with Crippen molar-refractivity contribution in [2.24, 2.45) is 0 Å². The van der Waals surface area contributed by atoms with Crippen molar-refractivity contribution in [3.8, 4) is 11.5 Å². The molecule has 21 heavy (non-hydrogen) atoms. The second-order valence-corrected chi connectivity index (χ2v) is 5.28.